The minimum absolute atomic E-state index is 0.293. The summed E-state index contributed by atoms with van der Waals surface area (Å²) in [5.74, 6) is -0.612. The lowest BCUT2D eigenvalue weighted by atomic mass is 9.79. The van der Waals surface area contributed by atoms with Gasteiger partial charge in [-0.1, -0.05) is 25.1 Å². The predicted molar refractivity (Wildman–Crippen MR) is 72.8 cm³/mol. The monoisotopic (exact) mass is 261 g/mol. The second kappa shape index (κ2) is 5.10. The van der Waals surface area contributed by atoms with Gasteiger partial charge in [0, 0.05) is 0 Å². The summed E-state index contributed by atoms with van der Waals surface area (Å²) in [6.45, 7) is 3.75. The Morgan fingerprint density at radius 3 is 2.32 bits per heavy atom. The first-order chi connectivity index (χ1) is 8.97. The van der Waals surface area contributed by atoms with E-state index < -0.39 is 5.54 Å². The largest absolute Gasteiger partial charge is 0.318 e. The normalized spacial score (nSPS) is 14.2. The van der Waals surface area contributed by atoms with Crippen LogP contribution in [0.2, 0.25) is 0 Å². The number of hydrogen-bond donors (Lipinski definition) is 1. The molecule has 0 heterocycles. The van der Waals surface area contributed by atoms with E-state index in [2.05, 4.69) is 0 Å². The van der Waals surface area contributed by atoms with E-state index in [1.54, 1.807) is 18.2 Å². The molecular weight excluding hydrogens is 244 g/mol. The van der Waals surface area contributed by atoms with Crippen molar-refractivity contribution in [1.82, 2.24) is 0 Å². The Labute approximate surface area is 112 Å². The Balaban J connectivity index is 2.59. The zero-order valence-electron chi connectivity index (χ0n) is 11.1. The molecule has 0 radical (unpaired) electrons. The molecule has 2 N–H and O–H groups in total. The van der Waals surface area contributed by atoms with Crippen molar-refractivity contribution in [1.29, 1.82) is 0 Å². The van der Waals surface area contributed by atoms with Crippen LogP contribution >= 0.6 is 0 Å². The lowest BCUT2D eigenvalue weighted by Crippen LogP contribution is -2.38. The highest BCUT2D eigenvalue weighted by atomic mass is 19.1. The van der Waals surface area contributed by atoms with Gasteiger partial charge in [-0.3, -0.25) is 0 Å². The third-order valence-electron chi connectivity index (χ3n) is 3.57. The smallest absolute Gasteiger partial charge is 0.123 e. The SMILES string of the molecule is CCC(N)(c1cccc(F)c1)c1ccc(F)cc1C. The van der Waals surface area contributed by atoms with Crippen LogP contribution in [-0.2, 0) is 5.54 Å². The summed E-state index contributed by atoms with van der Waals surface area (Å²) in [5.41, 5.74) is 7.96. The predicted octanol–water partition coefficient (Wildman–Crippen LogP) is 3.89. The number of nitrogens with two attached hydrogens (primary N) is 1. The molecule has 1 nitrogen and oxygen atoms in total. The van der Waals surface area contributed by atoms with Gasteiger partial charge in [0.2, 0.25) is 0 Å². The van der Waals surface area contributed by atoms with E-state index in [4.69, 9.17) is 5.73 Å². The van der Waals surface area contributed by atoms with Crippen LogP contribution in [0.5, 0.6) is 0 Å². The van der Waals surface area contributed by atoms with Gasteiger partial charge in [-0.15, -0.1) is 0 Å². The quantitative estimate of drug-likeness (QED) is 0.891. The Morgan fingerprint density at radius 1 is 1.05 bits per heavy atom. The molecule has 100 valence electrons. The molecule has 0 aliphatic heterocycles. The second-order valence-corrected chi connectivity index (χ2v) is 4.79. The highest BCUT2D eigenvalue weighted by molar-refractivity contribution is 5.42. The molecule has 2 aromatic rings. The Kier molecular flexibility index (Phi) is 3.67. The molecular formula is C16H17F2N. The summed E-state index contributed by atoms with van der Waals surface area (Å²) in [5, 5.41) is 0. The van der Waals surface area contributed by atoms with Gasteiger partial charge in [-0.25, -0.2) is 8.78 Å². The topological polar surface area (TPSA) is 26.0 Å². The summed E-state index contributed by atoms with van der Waals surface area (Å²) >= 11 is 0. The van der Waals surface area contributed by atoms with Crippen LogP contribution in [0.25, 0.3) is 0 Å². The molecule has 3 heteroatoms. The minimum Gasteiger partial charge on any atom is -0.318 e. The molecule has 0 aromatic heterocycles. The van der Waals surface area contributed by atoms with Crippen LogP contribution in [0, 0.1) is 18.6 Å². The average Bonchev–Trinajstić information content (AvgIpc) is 2.38. The fourth-order valence-corrected chi connectivity index (χ4v) is 2.44. The Morgan fingerprint density at radius 2 is 1.74 bits per heavy atom. The van der Waals surface area contributed by atoms with E-state index in [-0.39, 0.29) is 11.6 Å². The summed E-state index contributed by atoms with van der Waals surface area (Å²) in [6, 6.07) is 10.8. The number of rotatable bonds is 3. The van der Waals surface area contributed by atoms with Crippen LogP contribution < -0.4 is 5.73 Å². The molecule has 0 aliphatic carbocycles. The molecule has 0 spiro atoms. The molecule has 0 saturated heterocycles. The highest BCUT2D eigenvalue weighted by Crippen LogP contribution is 2.32. The number of hydrogen-bond acceptors (Lipinski definition) is 1. The fraction of sp³-hybridized carbons (Fsp3) is 0.250. The van der Waals surface area contributed by atoms with E-state index in [1.807, 2.05) is 13.8 Å². The number of aryl methyl sites for hydroxylation is 1. The zero-order chi connectivity index (χ0) is 14.0. The van der Waals surface area contributed by atoms with Crippen molar-refractivity contribution in [2.75, 3.05) is 0 Å². The van der Waals surface area contributed by atoms with Gasteiger partial charge in [-0.05, 0) is 54.3 Å². The van der Waals surface area contributed by atoms with Crippen molar-refractivity contribution in [3.05, 3.63) is 70.8 Å². The van der Waals surface area contributed by atoms with E-state index in [0.29, 0.717) is 12.0 Å². The maximum Gasteiger partial charge on any atom is 0.123 e. The lowest BCUT2D eigenvalue weighted by molar-refractivity contribution is 0.507. The summed E-state index contributed by atoms with van der Waals surface area (Å²) in [4.78, 5) is 0. The maximum absolute atomic E-state index is 13.4. The molecule has 0 saturated carbocycles. The van der Waals surface area contributed by atoms with Crippen molar-refractivity contribution in [3.63, 3.8) is 0 Å². The zero-order valence-corrected chi connectivity index (χ0v) is 11.1. The maximum atomic E-state index is 13.4. The van der Waals surface area contributed by atoms with Gasteiger partial charge in [0.05, 0.1) is 5.54 Å². The van der Waals surface area contributed by atoms with Crippen LogP contribution in [-0.4, -0.2) is 0 Å². The highest BCUT2D eigenvalue weighted by Gasteiger charge is 2.29. The Bertz CT molecular complexity index is 595. The molecule has 1 unspecified atom stereocenters. The van der Waals surface area contributed by atoms with Gasteiger partial charge in [0.15, 0.2) is 0 Å². The van der Waals surface area contributed by atoms with Gasteiger partial charge in [0.25, 0.3) is 0 Å². The van der Waals surface area contributed by atoms with Crippen molar-refractivity contribution < 1.29 is 8.78 Å². The average molecular weight is 261 g/mol. The van der Waals surface area contributed by atoms with Crippen LogP contribution in [0.3, 0.4) is 0 Å². The van der Waals surface area contributed by atoms with Gasteiger partial charge < -0.3 is 5.73 Å². The molecule has 0 bridgehead atoms. The molecule has 0 fully saturated rings. The first-order valence-corrected chi connectivity index (χ1v) is 6.29. The van der Waals surface area contributed by atoms with E-state index in [0.717, 1.165) is 11.1 Å². The van der Waals surface area contributed by atoms with Crippen molar-refractivity contribution in [3.8, 4) is 0 Å². The first-order valence-electron chi connectivity index (χ1n) is 6.29. The van der Waals surface area contributed by atoms with E-state index >= 15 is 0 Å². The van der Waals surface area contributed by atoms with Crippen LogP contribution in [0.1, 0.15) is 30.0 Å². The molecule has 0 aliphatic rings. The summed E-state index contributed by atoms with van der Waals surface area (Å²) in [6.07, 6.45) is 0.600. The number of benzene rings is 2. The van der Waals surface area contributed by atoms with Gasteiger partial charge in [0.1, 0.15) is 11.6 Å². The van der Waals surface area contributed by atoms with Gasteiger partial charge >= 0.3 is 0 Å². The van der Waals surface area contributed by atoms with Crippen LogP contribution in [0.15, 0.2) is 42.5 Å². The van der Waals surface area contributed by atoms with Gasteiger partial charge in [-0.2, -0.15) is 0 Å². The minimum atomic E-state index is -0.806. The second-order valence-electron chi connectivity index (χ2n) is 4.79. The molecule has 1 atom stereocenters. The molecule has 0 amide bonds. The summed E-state index contributed by atoms with van der Waals surface area (Å²) < 4.78 is 26.6. The number of halogens is 2. The third-order valence-corrected chi connectivity index (χ3v) is 3.57. The van der Waals surface area contributed by atoms with Crippen molar-refractivity contribution >= 4 is 0 Å². The Hall–Kier alpha value is -1.74. The van der Waals surface area contributed by atoms with Crippen LogP contribution in [0.4, 0.5) is 8.78 Å². The van der Waals surface area contributed by atoms with E-state index in [9.17, 15) is 8.78 Å². The first kappa shape index (κ1) is 13.7. The van der Waals surface area contributed by atoms with Crippen molar-refractivity contribution in [2.24, 2.45) is 5.73 Å². The molecule has 2 aromatic carbocycles. The molecule has 2 rings (SSSR count). The standard InChI is InChI=1S/C16H17F2N/c1-3-16(19,12-5-4-6-13(17)10-12)15-8-7-14(18)9-11(15)2/h4-10H,3,19H2,1-2H3. The van der Waals surface area contributed by atoms with E-state index in [1.165, 1.54) is 24.3 Å². The third kappa shape index (κ3) is 2.51. The lowest BCUT2D eigenvalue weighted by Gasteiger charge is -2.31. The summed E-state index contributed by atoms with van der Waals surface area (Å²) in [7, 11) is 0. The van der Waals surface area contributed by atoms with Crippen molar-refractivity contribution in [2.45, 2.75) is 25.8 Å². The fourth-order valence-electron chi connectivity index (χ4n) is 2.44. The molecule has 19 heavy (non-hydrogen) atoms.